The molecule has 0 unspecified atom stereocenters. The van der Waals surface area contributed by atoms with Gasteiger partial charge in [0.15, 0.2) is 0 Å². The fourth-order valence-electron chi connectivity index (χ4n) is 3.11. The van der Waals surface area contributed by atoms with Crippen molar-refractivity contribution in [2.45, 2.75) is 45.4 Å². The van der Waals surface area contributed by atoms with Gasteiger partial charge in [0, 0.05) is 28.6 Å². The maximum absolute atomic E-state index is 4.76. The average Bonchev–Trinajstić information content (AvgIpc) is 3.18. The lowest BCUT2D eigenvalue weighted by Gasteiger charge is -2.23. The van der Waals surface area contributed by atoms with Gasteiger partial charge in [-0.25, -0.2) is 9.97 Å². The van der Waals surface area contributed by atoms with Crippen LogP contribution in [0.15, 0.2) is 36.8 Å². The second-order valence-corrected chi connectivity index (χ2v) is 9.06. The molecule has 0 radical (unpaired) electrons. The Balaban J connectivity index is 1.85. The quantitative estimate of drug-likeness (QED) is 0.541. The van der Waals surface area contributed by atoms with Crippen molar-refractivity contribution in [1.82, 2.24) is 19.9 Å². The number of rotatable bonds is 2. The number of H-pyrrole nitrogens is 1. The minimum Gasteiger partial charge on any atom is -0.346 e. The Labute approximate surface area is 151 Å². The highest BCUT2D eigenvalue weighted by Gasteiger charge is 2.29. The van der Waals surface area contributed by atoms with Gasteiger partial charge in [-0.3, -0.25) is 4.98 Å². The number of fused-ring (bicyclic) bond motifs is 2. The van der Waals surface area contributed by atoms with Crippen LogP contribution in [-0.2, 0) is 10.8 Å². The molecule has 0 atom stereocenters. The number of aromatic amines is 1. The van der Waals surface area contributed by atoms with E-state index in [1.54, 1.807) is 11.3 Å². The molecule has 0 amide bonds. The van der Waals surface area contributed by atoms with Crippen LogP contribution in [0.5, 0.6) is 0 Å². The number of aromatic nitrogens is 4. The fraction of sp³-hybridized carbons (Fsp3) is 0.350. The molecule has 4 heterocycles. The van der Waals surface area contributed by atoms with E-state index in [0.717, 1.165) is 27.3 Å². The van der Waals surface area contributed by atoms with Crippen LogP contribution < -0.4 is 0 Å². The number of nitrogens with one attached hydrogen (secondary N) is 1. The zero-order valence-electron chi connectivity index (χ0n) is 15.2. The third kappa shape index (κ3) is 2.63. The SMILES string of the molecule is CC(C)(C)c1nc2cnc(C(C)(C)c3c[nH]c4ncccc34)cc2s1. The Morgan fingerprint density at radius 3 is 2.64 bits per heavy atom. The second-order valence-electron chi connectivity index (χ2n) is 8.03. The van der Waals surface area contributed by atoms with Crippen LogP contribution in [-0.4, -0.2) is 19.9 Å². The molecule has 0 aromatic carbocycles. The van der Waals surface area contributed by atoms with Crippen LogP contribution in [0, 0.1) is 0 Å². The molecule has 5 heteroatoms. The number of nitrogens with zero attached hydrogens (tertiary/aromatic N) is 3. The summed E-state index contributed by atoms with van der Waals surface area (Å²) in [6.45, 7) is 11.0. The zero-order chi connectivity index (χ0) is 17.8. The Hall–Kier alpha value is -2.27. The highest BCUT2D eigenvalue weighted by molar-refractivity contribution is 7.18. The van der Waals surface area contributed by atoms with E-state index in [4.69, 9.17) is 9.97 Å². The van der Waals surface area contributed by atoms with Crippen molar-refractivity contribution in [2.24, 2.45) is 0 Å². The van der Waals surface area contributed by atoms with Gasteiger partial charge >= 0.3 is 0 Å². The molecular weight excluding hydrogens is 328 g/mol. The molecule has 25 heavy (non-hydrogen) atoms. The molecule has 4 aromatic rings. The molecule has 4 rings (SSSR count). The molecule has 0 spiro atoms. The van der Waals surface area contributed by atoms with E-state index in [2.05, 4.69) is 62.9 Å². The Morgan fingerprint density at radius 2 is 1.88 bits per heavy atom. The summed E-state index contributed by atoms with van der Waals surface area (Å²) in [5.74, 6) is 0. The molecule has 0 fully saturated rings. The van der Waals surface area contributed by atoms with E-state index < -0.39 is 0 Å². The molecule has 1 N–H and O–H groups in total. The summed E-state index contributed by atoms with van der Waals surface area (Å²) in [7, 11) is 0. The molecule has 0 saturated heterocycles. The molecule has 0 aliphatic rings. The fourth-order valence-corrected chi connectivity index (χ4v) is 4.14. The Morgan fingerprint density at radius 1 is 1.08 bits per heavy atom. The van der Waals surface area contributed by atoms with Gasteiger partial charge in [0.1, 0.15) is 5.65 Å². The maximum Gasteiger partial charge on any atom is 0.137 e. The van der Waals surface area contributed by atoms with Gasteiger partial charge in [-0.2, -0.15) is 0 Å². The topological polar surface area (TPSA) is 54.5 Å². The standard InChI is InChI=1S/C20H22N4S/c1-19(2,3)18-24-14-11-22-16(9-15(14)25-18)20(4,5)13-10-23-17-12(13)7-6-8-21-17/h6-11H,1-5H3,(H,21,23). The van der Waals surface area contributed by atoms with Gasteiger partial charge in [0.25, 0.3) is 0 Å². The lowest BCUT2D eigenvalue weighted by atomic mass is 9.81. The number of thiazole rings is 1. The Kier molecular flexibility index (Phi) is 3.48. The molecule has 4 aromatic heterocycles. The first kappa shape index (κ1) is 16.2. The first-order valence-corrected chi connectivity index (χ1v) is 9.28. The lowest BCUT2D eigenvalue weighted by molar-refractivity contribution is 0.587. The van der Waals surface area contributed by atoms with Crippen LogP contribution in [0.4, 0.5) is 0 Å². The summed E-state index contributed by atoms with van der Waals surface area (Å²) in [6, 6.07) is 6.28. The average molecular weight is 350 g/mol. The predicted octanol–water partition coefficient (Wildman–Crippen LogP) is 5.19. The zero-order valence-corrected chi connectivity index (χ0v) is 16.0. The summed E-state index contributed by atoms with van der Waals surface area (Å²) < 4.78 is 1.20. The summed E-state index contributed by atoms with van der Waals surface area (Å²) in [4.78, 5) is 17.2. The van der Waals surface area contributed by atoms with Crippen molar-refractivity contribution in [1.29, 1.82) is 0 Å². The highest BCUT2D eigenvalue weighted by Crippen LogP contribution is 2.37. The molecule has 0 aliphatic heterocycles. The van der Waals surface area contributed by atoms with Crippen LogP contribution in [0.25, 0.3) is 21.3 Å². The van der Waals surface area contributed by atoms with Gasteiger partial charge in [0.2, 0.25) is 0 Å². The van der Waals surface area contributed by atoms with Gasteiger partial charge in [0.05, 0.1) is 27.1 Å². The van der Waals surface area contributed by atoms with Crippen LogP contribution in [0.1, 0.15) is 50.9 Å². The summed E-state index contributed by atoms with van der Waals surface area (Å²) in [5.41, 5.74) is 4.00. The lowest BCUT2D eigenvalue weighted by Crippen LogP contribution is -2.20. The van der Waals surface area contributed by atoms with E-state index in [1.807, 2.05) is 18.5 Å². The van der Waals surface area contributed by atoms with Crippen molar-refractivity contribution >= 4 is 32.6 Å². The minimum atomic E-state index is -0.221. The van der Waals surface area contributed by atoms with Gasteiger partial charge in [-0.1, -0.05) is 34.6 Å². The molecule has 128 valence electrons. The number of hydrogen-bond acceptors (Lipinski definition) is 4. The largest absolute Gasteiger partial charge is 0.346 e. The van der Waals surface area contributed by atoms with Crippen LogP contribution >= 0.6 is 11.3 Å². The summed E-state index contributed by atoms with van der Waals surface area (Å²) in [6.07, 6.45) is 5.77. The van der Waals surface area contributed by atoms with E-state index >= 15 is 0 Å². The Bertz CT molecular complexity index is 1070. The summed E-state index contributed by atoms with van der Waals surface area (Å²) >= 11 is 1.76. The number of pyridine rings is 2. The van der Waals surface area contributed by atoms with Crippen molar-refractivity contribution in [2.75, 3.05) is 0 Å². The van der Waals surface area contributed by atoms with Gasteiger partial charge in [-0.05, 0) is 23.8 Å². The maximum atomic E-state index is 4.76. The molecule has 4 nitrogen and oxygen atoms in total. The van der Waals surface area contributed by atoms with E-state index in [-0.39, 0.29) is 10.8 Å². The van der Waals surface area contributed by atoms with Gasteiger partial charge < -0.3 is 4.98 Å². The predicted molar refractivity (Wildman–Crippen MR) is 104 cm³/mol. The first-order chi connectivity index (χ1) is 11.8. The highest BCUT2D eigenvalue weighted by atomic mass is 32.1. The molecule has 0 aliphatic carbocycles. The molecule has 0 saturated carbocycles. The number of hydrogen-bond donors (Lipinski definition) is 1. The van der Waals surface area contributed by atoms with E-state index in [9.17, 15) is 0 Å². The van der Waals surface area contributed by atoms with E-state index in [1.165, 1.54) is 10.3 Å². The smallest absolute Gasteiger partial charge is 0.137 e. The van der Waals surface area contributed by atoms with E-state index in [0.29, 0.717) is 0 Å². The molecular formula is C20H22N4S. The van der Waals surface area contributed by atoms with Crippen LogP contribution in [0.2, 0.25) is 0 Å². The van der Waals surface area contributed by atoms with Crippen molar-refractivity contribution in [3.8, 4) is 0 Å². The minimum absolute atomic E-state index is 0.0574. The molecule has 0 bridgehead atoms. The normalized spacial score (nSPS) is 13.0. The second kappa shape index (κ2) is 5.36. The van der Waals surface area contributed by atoms with Crippen molar-refractivity contribution in [3.63, 3.8) is 0 Å². The third-order valence-electron chi connectivity index (χ3n) is 4.68. The third-order valence-corrected chi connectivity index (χ3v) is 6.13. The first-order valence-electron chi connectivity index (χ1n) is 8.47. The van der Waals surface area contributed by atoms with Gasteiger partial charge in [-0.15, -0.1) is 11.3 Å². The monoisotopic (exact) mass is 350 g/mol. The van der Waals surface area contributed by atoms with Crippen molar-refractivity contribution < 1.29 is 0 Å². The summed E-state index contributed by atoms with van der Waals surface area (Å²) in [5, 5.41) is 2.30. The van der Waals surface area contributed by atoms with Crippen molar-refractivity contribution in [3.05, 3.63) is 53.1 Å². The van der Waals surface area contributed by atoms with Crippen LogP contribution in [0.3, 0.4) is 0 Å².